The molecule has 0 radical (unpaired) electrons. The van der Waals surface area contributed by atoms with Gasteiger partial charge in [0.25, 0.3) is 5.69 Å². The molecule has 0 atom stereocenters. The highest BCUT2D eigenvalue weighted by molar-refractivity contribution is 8.00. The molecule has 0 heterocycles. The first-order valence-corrected chi connectivity index (χ1v) is 9.53. The van der Waals surface area contributed by atoms with Crippen molar-refractivity contribution in [3.05, 3.63) is 64.2 Å². The summed E-state index contributed by atoms with van der Waals surface area (Å²) in [6.45, 7) is 0.368. The maximum Gasteiger partial charge on any atom is 0.269 e. The zero-order valence-electron chi connectivity index (χ0n) is 14.5. The number of non-ortho nitro benzene ring substituents is 1. The van der Waals surface area contributed by atoms with Crippen molar-refractivity contribution in [3.8, 4) is 0 Å². The molecular weight excluding hydrogens is 366 g/mol. The van der Waals surface area contributed by atoms with Gasteiger partial charge in [0.15, 0.2) is 0 Å². The topological polar surface area (TPSA) is 101 Å². The standard InChI is InChI=1S/C19H19N3O4S/c23-18(12-27-17-8-6-16(7-9-17)22(25)26)20-11-13-2-1-3-15(10-13)21-19(24)14-4-5-14/h1-3,6-10,14H,4-5,11-12H2,(H,20,23)(H,21,24). The van der Waals surface area contributed by atoms with E-state index < -0.39 is 4.92 Å². The molecule has 1 fully saturated rings. The molecule has 2 aromatic carbocycles. The van der Waals surface area contributed by atoms with Gasteiger partial charge in [0, 0.05) is 35.2 Å². The Labute approximate surface area is 160 Å². The monoisotopic (exact) mass is 385 g/mol. The Morgan fingerprint density at radius 1 is 1.15 bits per heavy atom. The first kappa shape index (κ1) is 18.9. The summed E-state index contributed by atoms with van der Waals surface area (Å²) in [5, 5.41) is 16.4. The van der Waals surface area contributed by atoms with Gasteiger partial charge >= 0.3 is 0 Å². The lowest BCUT2D eigenvalue weighted by Gasteiger charge is -2.08. The van der Waals surface area contributed by atoms with E-state index in [1.54, 1.807) is 12.1 Å². The van der Waals surface area contributed by atoms with Crippen LogP contribution in [0.1, 0.15) is 18.4 Å². The Balaban J connectivity index is 1.44. The van der Waals surface area contributed by atoms with E-state index in [4.69, 9.17) is 0 Å². The first-order chi connectivity index (χ1) is 13.0. The molecule has 7 nitrogen and oxygen atoms in total. The second-order valence-corrected chi connectivity index (χ2v) is 7.33. The molecule has 0 unspecified atom stereocenters. The van der Waals surface area contributed by atoms with Crippen molar-refractivity contribution >= 4 is 35.0 Å². The maximum atomic E-state index is 12.0. The summed E-state index contributed by atoms with van der Waals surface area (Å²) >= 11 is 1.31. The largest absolute Gasteiger partial charge is 0.351 e. The van der Waals surface area contributed by atoms with Crippen LogP contribution in [0.5, 0.6) is 0 Å². The molecule has 0 bridgehead atoms. The second-order valence-electron chi connectivity index (χ2n) is 6.28. The Bertz CT molecular complexity index is 850. The van der Waals surface area contributed by atoms with Crippen molar-refractivity contribution in [3.63, 3.8) is 0 Å². The molecule has 1 aliphatic rings. The summed E-state index contributed by atoms with van der Waals surface area (Å²) in [5.41, 5.74) is 1.66. The summed E-state index contributed by atoms with van der Waals surface area (Å²) in [7, 11) is 0. The number of nitro groups is 1. The van der Waals surface area contributed by atoms with E-state index in [1.165, 1.54) is 23.9 Å². The third kappa shape index (κ3) is 5.82. The molecule has 0 aromatic heterocycles. The average molecular weight is 385 g/mol. The number of amides is 2. The minimum Gasteiger partial charge on any atom is -0.351 e. The van der Waals surface area contributed by atoms with Crippen LogP contribution in [0.25, 0.3) is 0 Å². The summed E-state index contributed by atoms with van der Waals surface area (Å²) in [6.07, 6.45) is 1.90. The predicted molar refractivity (Wildman–Crippen MR) is 103 cm³/mol. The number of carbonyl (C=O) groups is 2. The number of rotatable bonds is 8. The summed E-state index contributed by atoms with van der Waals surface area (Å²) < 4.78 is 0. The highest BCUT2D eigenvalue weighted by Gasteiger charge is 2.29. The van der Waals surface area contributed by atoms with Crippen molar-refractivity contribution in [2.45, 2.75) is 24.3 Å². The zero-order chi connectivity index (χ0) is 19.2. The van der Waals surface area contributed by atoms with Gasteiger partial charge in [0.1, 0.15) is 0 Å². The van der Waals surface area contributed by atoms with Crippen LogP contribution in [-0.4, -0.2) is 22.5 Å². The number of nitro benzene ring substituents is 1. The molecule has 27 heavy (non-hydrogen) atoms. The molecule has 1 saturated carbocycles. The van der Waals surface area contributed by atoms with E-state index in [9.17, 15) is 19.7 Å². The number of benzene rings is 2. The summed E-state index contributed by atoms with van der Waals surface area (Å²) in [6, 6.07) is 13.5. The molecular formula is C19H19N3O4S. The predicted octanol–water partition coefficient (Wildman–Crippen LogP) is 3.35. The van der Waals surface area contributed by atoms with E-state index in [1.807, 2.05) is 24.3 Å². The fourth-order valence-corrected chi connectivity index (χ4v) is 3.14. The fourth-order valence-electron chi connectivity index (χ4n) is 2.41. The third-order valence-corrected chi connectivity index (χ3v) is 5.06. The van der Waals surface area contributed by atoms with Gasteiger partial charge in [-0.15, -0.1) is 11.8 Å². The van der Waals surface area contributed by atoms with E-state index >= 15 is 0 Å². The SMILES string of the molecule is O=C(CSc1ccc([N+](=O)[O-])cc1)NCc1cccc(NC(=O)C2CC2)c1. The van der Waals surface area contributed by atoms with Gasteiger partial charge in [0.2, 0.25) is 11.8 Å². The van der Waals surface area contributed by atoms with Crippen molar-refractivity contribution in [1.29, 1.82) is 0 Å². The Kier molecular flexibility index (Phi) is 6.08. The number of thioether (sulfide) groups is 1. The van der Waals surface area contributed by atoms with Crippen LogP contribution in [-0.2, 0) is 16.1 Å². The second kappa shape index (κ2) is 8.68. The molecule has 0 spiro atoms. The van der Waals surface area contributed by atoms with Crippen molar-refractivity contribution < 1.29 is 14.5 Å². The molecule has 0 aliphatic heterocycles. The number of carbonyl (C=O) groups excluding carboxylic acids is 2. The molecule has 2 amide bonds. The molecule has 2 aromatic rings. The van der Waals surface area contributed by atoms with Gasteiger partial charge in [-0.1, -0.05) is 12.1 Å². The van der Waals surface area contributed by atoms with Crippen LogP contribution in [0.15, 0.2) is 53.4 Å². The third-order valence-electron chi connectivity index (χ3n) is 4.05. The number of nitrogens with one attached hydrogen (secondary N) is 2. The number of anilines is 1. The van der Waals surface area contributed by atoms with E-state index in [2.05, 4.69) is 10.6 Å². The van der Waals surface area contributed by atoms with Crippen LogP contribution in [0.4, 0.5) is 11.4 Å². The van der Waals surface area contributed by atoms with Crippen molar-refractivity contribution in [2.24, 2.45) is 5.92 Å². The average Bonchev–Trinajstić information content (AvgIpc) is 3.50. The van der Waals surface area contributed by atoms with Crippen LogP contribution in [0.2, 0.25) is 0 Å². The molecule has 2 N–H and O–H groups in total. The van der Waals surface area contributed by atoms with E-state index in [-0.39, 0.29) is 29.2 Å². The molecule has 0 saturated heterocycles. The number of hydrogen-bond donors (Lipinski definition) is 2. The highest BCUT2D eigenvalue weighted by Crippen LogP contribution is 2.30. The van der Waals surface area contributed by atoms with Gasteiger partial charge in [-0.2, -0.15) is 0 Å². The van der Waals surface area contributed by atoms with E-state index in [0.29, 0.717) is 6.54 Å². The van der Waals surface area contributed by atoms with Crippen LogP contribution < -0.4 is 10.6 Å². The van der Waals surface area contributed by atoms with Gasteiger partial charge in [-0.05, 0) is 42.7 Å². The molecule has 140 valence electrons. The lowest BCUT2D eigenvalue weighted by molar-refractivity contribution is -0.384. The van der Waals surface area contributed by atoms with Crippen molar-refractivity contribution in [1.82, 2.24) is 5.32 Å². The smallest absolute Gasteiger partial charge is 0.269 e. The maximum absolute atomic E-state index is 12.0. The molecule has 3 rings (SSSR count). The van der Waals surface area contributed by atoms with Crippen LogP contribution in [0, 0.1) is 16.0 Å². The molecule has 8 heteroatoms. The van der Waals surface area contributed by atoms with Crippen LogP contribution >= 0.6 is 11.8 Å². The van der Waals surface area contributed by atoms with Gasteiger partial charge in [-0.25, -0.2) is 0 Å². The first-order valence-electron chi connectivity index (χ1n) is 8.55. The van der Waals surface area contributed by atoms with Crippen molar-refractivity contribution in [2.75, 3.05) is 11.1 Å². The van der Waals surface area contributed by atoms with Crippen LogP contribution in [0.3, 0.4) is 0 Å². The summed E-state index contributed by atoms with van der Waals surface area (Å²) in [5.74, 6) is 0.280. The van der Waals surface area contributed by atoms with Gasteiger partial charge in [-0.3, -0.25) is 19.7 Å². The fraction of sp³-hybridized carbons (Fsp3) is 0.263. The minimum atomic E-state index is -0.456. The Hall–Kier alpha value is -2.87. The minimum absolute atomic E-state index is 0.0254. The number of hydrogen-bond acceptors (Lipinski definition) is 5. The van der Waals surface area contributed by atoms with Gasteiger partial charge in [0.05, 0.1) is 10.7 Å². The highest BCUT2D eigenvalue weighted by atomic mass is 32.2. The Morgan fingerprint density at radius 3 is 2.56 bits per heavy atom. The van der Waals surface area contributed by atoms with E-state index in [0.717, 1.165) is 29.0 Å². The molecule has 1 aliphatic carbocycles. The Morgan fingerprint density at radius 2 is 1.89 bits per heavy atom. The lowest BCUT2D eigenvalue weighted by atomic mass is 10.2. The number of nitrogens with zero attached hydrogens (tertiary/aromatic N) is 1. The van der Waals surface area contributed by atoms with Gasteiger partial charge < -0.3 is 10.6 Å². The summed E-state index contributed by atoms with van der Waals surface area (Å²) in [4.78, 5) is 34.8. The quantitative estimate of drug-likeness (QED) is 0.412. The lowest BCUT2D eigenvalue weighted by Crippen LogP contribution is -2.24. The zero-order valence-corrected chi connectivity index (χ0v) is 15.3. The normalized spacial score (nSPS) is 13.0.